The molecule has 0 radical (unpaired) electrons. The predicted molar refractivity (Wildman–Crippen MR) is 51.3 cm³/mol. The Morgan fingerprint density at radius 2 is 1.73 bits per heavy atom. The second-order valence-corrected chi connectivity index (χ2v) is 3.88. The van der Waals surface area contributed by atoms with Crippen LogP contribution >= 0.6 is 0 Å². The fraction of sp³-hybridized carbons (Fsp3) is 0.500. The van der Waals surface area contributed by atoms with Gasteiger partial charge in [0.1, 0.15) is 6.54 Å². The second kappa shape index (κ2) is 3.49. The fourth-order valence-corrected chi connectivity index (χ4v) is 2.18. The van der Waals surface area contributed by atoms with Crippen LogP contribution in [0.4, 0.5) is 0 Å². The van der Waals surface area contributed by atoms with Gasteiger partial charge in [-0.25, -0.2) is 0 Å². The number of hydrogen-bond acceptors (Lipinski definition) is 3. The van der Waals surface area contributed by atoms with Crippen LogP contribution in [0.2, 0.25) is 0 Å². The van der Waals surface area contributed by atoms with Crippen molar-refractivity contribution in [2.45, 2.75) is 12.8 Å². The van der Waals surface area contributed by atoms with Crippen molar-refractivity contribution in [1.82, 2.24) is 4.90 Å². The van der Waals surface area contributed by atoms with Crippen LogP contribution in [-0.4, -0.2) is 29.2 Å². The van der Waals surface area contributed by atoms with E-state index < -0.39 is 5.91 Å². The maximum Gasteiger partial charge on any atom is 0.237 e. The van der Waals surface area contributed by atoms with E-state index in [4.69, 9.17) is 5.73 Å². The lowest BCUT2D eigenvalue weighted by Gasteiger charge is -2.14. The Morgan fingerprint density at radius 1 is 1.27 bits per heavy atom. The summed E-state index contributed by atoms with van der Waals surface area (Å²) in [5, 5.41) is 0. The SMILES string of the molecule is NC(=O)CN1C(=O)[C@H]2CC=CC[C@H]2C1=O. The molecule has 0 unspecified atom stereocenters. The molecular formula is C10H12N2O3. The van der Waals surface area contributed by atoms with Gasteiger partial charge in [-0.2, -0.15) is 0 Å². The van der Waals surface area contributed by atoms with Gasteiger partial charge < -0.3 is 5.73 Å². The summed E-state index contributed by atoms with van der Waals surface area (Å²) in [7, 11) is 0. The lowest BCUT2D eigenvalue weighted by Crippen LogP contribution is -2.38. The van der Waals surface area contributed by atoms with Crippen LogP contribution in [-0.2, 0) is 14.4 Å². The minimum absolute atomic E-state index is 0.256. The lowest BCUT2D eigenvalue weighted by molar-refractivity contribution is -0.143. The maximum absolute atomic E-state index is 11.7. The number of nitrogens with zero attached hydrogens (tertiary/aromatic N) is 1. The minimum atomic E-state index is -0.650. The number of hydrogen-bond donors (Lipinski definition) is 1. The summed E-state index contributed by atoms with van der Waals surface area (Å²) in [6, 6.07) is 0. The molecule has 3 amide bonds. The third kappa shape index (κ3) is 1.54. The van der Waals surface area contributed by atoms with E-state index in [1.165, 1.54) is 0 Å². The van der Waals surface area contributed by atoms with E-state index in [0.717, 1.165) is 4.90 Å². The molecule has 0 saturated carbocycles. The predicted octanol–water partition coefficient (Wildman–Crippen LogP) is -0.577. The number of fused-ring (bicyclic) bond motifs is 1. The van der Waals surface area contributed by atoms with Crippen molar-refractivity contribution >= 4 is 17.7 Å². The van der Waals surface area contributed by atoms with E-state index in [1.54, 1.807) is 0 Å². The average Bonchev–Trinajstić information content (AvgIpc) is 2.44. The van der Waals surface area contributed by atoms with Gasteiger partial charge in [0.05, 0.1) is 11.8 Å². The highest BCUT2D eigenvalue weighted by Gasteiger charge is 2.47. The summed E-state index contributed by atoms with van der Waals surface area (Å²) < 4.78 is 0. The highest BCUT2D eigenvalue weighted by molar-refractivity contribution is 6.07. The van der Waals surface area contributed by atoms with Crippen LogP contribution in [0.15, 0.2) is 12.2 Å². The highest BCUT2D eigenvalue weighted by atomic mass is 16.2. The van der Waals surface area contributed by atoms with Gasteiger partial charge in [-0.3, -0.25) is 19.3 Å². The molecular weight excluding hydrogens is 196 g/mol. The molecule has 1 heterocycles. The summed E-state index contributed by atoms with van der Waals surface area (Å²) in [4.78, 5) is 35.2. The molecule has 1 aliphatic carbocycles. The number of allylic oxidation sites excluding steroid dienone is 2. The highest BCUT2D eigenvalue weighted by Crippen LogP contribution is 2.34. The van der Waals surface area contributed by atoms with Crippen molar-refractivity contribution in [3.8, 4) is 0 Å². The Bertz CT molecular complexity index is 336. The molecule has 5 heteroatoms. The first kappa shape index (κ1) is 9.89. The van der Waals surface area contributed by atoms with Gasteiger partial charge in [-0.15, -0.1) is 0 Å². The van der Waals surface area contributed by atoms with E-state index in [0.29, 0.717) is 12.8 Å². The number of likely N-dealkylation sites (tertiary alicyclic amines) is 1. The first-order valence-corrected chi connectivity index (χ1v) is 4.90. The van der Waals surface area contributed by atoms with Crippen molar-refractivity contribution in [3.63, 3.8) is 0 Å². The van der Waals surface area contributed by atoms with Gasteiger partial charge in [0.15, 0.2) is 0 Å². The van der Waals surface area contributed by atoms with Crippen LogP contribution in [0.5, 0.6) is 0 Å². The number of carbonyl (C=O) groups excluding carboxylic acids is 3. The third-order valence-electron chi connectivity index (χ3n) is 2.91. The molecule has 0 aromatic carbocycles. The van der Waals surface area contributed by atoms with Crippen LogP contribution in [0, 0.1) is 11.8 Å². The van der Waals surface area contributed by atoms with Crippen LogP contribution in [0.1, 0.15) is 12.8 Å². The van der Waals surface area contributed by atoms with Crippen molar-refractivity contribution < 1.29 is 14.4 Å². The number of carbonyl (C=O) groups is 3. The van der Waals surface area contributed by atoms with Crippen LogP contribution in [0.25, 0.3) is 0 Å². The summed E-state index contributed by atoms with van der Waals surface area (Å²) in [5.74, 6) is -1.71. The smallest absolute Gasteiger partial charge is 0.237 e. The molecule has 2 N–H and O–H groups in total. The van der Waals surface area contributed by atoms with Crippen molar-refractivity contribution in [3.05, 3.63) is 12.2 Å². The molecule has 0 aromatic heterocycles. The van der Waals surface area contributed by atoms with E-state index >= 15 is 0 Å². The molecule has 0 bridgehead atoms. The molecule has 2 aliphatic rings. The maximum atomic E-state index is 11.7. The number of primary amides is 1. The lowest BCUT2D eigenvalue weighted by atomic mass is 9.85. The van der Waals surface area contributed by atoms with Gasteiger partial charge in [0, 0.05) is 0 Å². The van der Waals surface area contributed by atoms with Crippen molar-refractivity contribution in [2.75, 3.05) is 6.54 Å². The number of amides is 3. The zero-order valence-electron chi connectivity index (χ0n) is 8.18. The van der Waals surface area contributed by atoms with Crippen molar-refractivity contribution in [1.29, 1.82) is 0 Å². The van der Waals surface area contributed by atoms with Gasteiger partial charge in [0.2, 0.25) is 17.7 Å². The zero-order valence-corrected chi connectivity index (χ0v) is 8.18. The molecule has 15 heavy (non-hydrogen) atoms. The quantitative estimate of drug-likeness (QED) is 0.487. The Labute approximate surface area is 86.9 Å². The summed E-state index contributed by atoms with van der Waals surface area (Å²) in [6.07, 6.45) is 4.98. The van der Waals surface area contributed by atoms with Gasteiger partial charge in [-0.05, 0) is 12.8 Å². The van der Waals surface area contributed by atoms with Crippen LogP contribution < -0.4 is 5.73 Å². The fourth-order valence-electron chi connectivity index (χ4n) is 2.18. The molecule has 0 aromatic rings. The molecule has 0 spiro atoms. The van der Waals surface area contributed by atoms with E-state index in [9.17, 15) is 14.4 Å². The second-order valence-electron chi connectivity index (χ2n) is 3.88. The summed E-state index contributed by atoms with van der Waals surface area (Å²) >= 11 is 0. The topological polar surface area (TPSA) is 80.5 Å². The Kier molecular flexibility index (Phi) is 2.30. The molecule has 5 nitrogen and oxygen atoms in total. The third-order valence-corrected chi connectivity index (χ3v) is 2.91. The minimum Gasteiger partial charge on any atom is -0.368 e. The molecule has 1 saturated heterocycles. The molecule has 80 valence electrons. The average molecular weight is 208 g/mol. The summed E-state index contributed by atoms with van der Waals surface area (Å²) in [6.45, 7) is -0.287. The Morgan fingerprint density at radius 3 is 2.13 bits per heavy atom. The normalized spacial score (nSPS) is 29.5. The molecule has 2 rings (SSSR count). The first-order chi connectivity index (χ1) is 7.11. The van der Waals surface area contributed by atoms with Gasteiger partial charge in [0.25, 0.3) is 0 Å². The Balaban J connectivity index is 2.20. The van der Waals surface area contributed by atoms with E-state index in [-0.39, 0.29) is 30.2 Å². The number of nitrogens with two attached hydrogens (primary N) is 1. The molecule has 2 atom stereocenters. The van der Waals surface area contributed by atoms with Crippen molar-refractivity contribution in [2.24, 2.45) is 17.6 Å². The van der Waals surface area contributed by atoms with E-state index in [2.05, 4.69) is 0 Å². The monoisotopic (exact) mass is 208 g/mol. The molecule has 1 aliphatic heterocycles. The van der Waals surface area contributed by atoms with Gasteiger partial charge in [-0.1, -0.05) is 12.2 Å². The largest absolute Gasteiger partial charge is 0.368 e. The Hall–Kier alpha value is -1.65. The molecule has 1 fully saturated rings. The van der Waals surface area contributed by atoms with Gasteiger partial charge >= 0.3 is 0 Å². The standard InChI is InChI=1S/C10H12N2O3/c11-8(13)5-12-9(14)6-3-1-2-4-7(6)10(12)15/h1-2,6-7H,3-5H2,(H2,11,13)/t6-,7+. The summed E-state index contributed by atoms with van der Waals surface area (Å²) in [5.41, 5.74) is 4.99. The first-order valence-electron chi connectivity index (χ1n) is 4.90. The number of rotatable bonds is 2. The number of imide groups is 1. The zero-order chi connectivity index (χ0) is 11.0. The van der Waals surface area contributed by atoms with Crippen LogP contribution in [0.3, 0.4) is 0 Å². The van der Waals surface area contributed by atoms with E-state index in [1.807, 2.05) is 12.2 Å².